The second kappa shape index (κ2) is 5.85. The molecule has 1 unspecified atom stereocenters. The summed E-state index contributed by atoms with van der Waals surface area (Å²) in [7, 11) is 0. The van der Waals surface area contributed by atoms with E-state index in [0.717, 1.165) is 0 Å². The van der Waals surface area contributed by atoms with Gasteiger partial charge in [0.05, 0.1) is 5.56 Å². The van der Waals surface area contributed by atoms with Crippen LogP contribution in [0.2, 0.25) is 0 Å². The molecule has 0 fully saturated rings. The van der Waals surface area contributed by atoms with E-state index in [0.29, 0.717) is 28.0 Å². The fourth-order valence-electron chi connectivity index (χ4n) is 2.98. The molecule has 3 aromatic rings. The van der Waals surface area contributed by atoms with Crippen molar-refractivity contribution in [2.45, 2.75) is 19.4 Å². The zero-order valence-electron chi connectivity index (χ0n) is 14.3. The van der Waals surface area contributed by atoms with E-state index in [1.54, 1.807) is 36.5 Å². The minimum atomic E-state index is -1.29. The third kappa shape index (κ3) is 2.47. The van der Waals surface area contributed by atoms with E-state index < -0.39 is 11.2 Å². The van der Waals surface area contributed by atoms with Crippen LogP contribution < -0.4 is 10.4 Å². The van der Waals surface area contributed by atoms with Crippen molar-refractivity contribution >= 4 is 16.8 Å². The summed E-state index contributed by atoms with van der Waals surface area (Å²) >= 11 is 0. The minimum Gasteiger partial charge on any atom is -0.466 e. The molecule has 0 bridgehead atoms. The predicted octanol–water partition coefficient (Wildman–Crippen LogP) is 3.21. The van der Waals surface area contributed by atoms with Crippen molar-refractivity contribution in [3.05, 3.63) is 70.3 Å². The third-order valence-electron chi connectivity index (χ3n) is 4.43. The molecule has 1 atom stereocenters. The number of aromatic nitrogens is 1. The zero-order chi connectivity index (χ0) is 18.3. The quantitative estimate of drug-likeness (QED) is 0.500. The van der Waals surface area contributed by atoms with E-state index in [9.17, 15) is 9.59 Å². The van der Waals surface area contributed by atoms with E-state index in [4.69, 9.17) is 9.15 Å². The third-order valence-corrected chi connectivity index (χ3v) is 4.43. The van der Waals surface area contributed by atoms with Gasteiger partial charge in [-0.25, -0.2) is 9.78 Å². The van der Waals surface area contributed by atoms with Crippen molar-refractivity contribution in [3.63, 3.8) is 0 Å². The van der Waals surface area contributed by atoms with Crippen LogP contribution in [0.4, 0.5) is 0 Å². The Balaban J connectivity index is 1.85. The van der Waals surface area contributed by atoms with Gasteiger partial charge in [0.25, 0.3) is 0 Å². The predicted molar refractivity (Wildman–Crippen MR) is 96.1 cm³/mol. The summed E-state index contributed by atoms with van der Waals surface area (Å²) in [6.45, 7) is 3.77. The zero-order valence-corrected chi connectivity index (χ0v) is 14.3. The monoisotopic (exact) mass is 345 g/mol. The Bertz CT molecular complexity index is 1140. The largest absolute Gasteiger partial charge is 0.466 e. The lowest BCUT2D eigenvalue weighted by atomic mass is 9.85. The van der Waals surface area contributed by atoms with E-state index in [-0.39, 0.29) is 11.7 Å². The molecule has 0 aliphatic carbocycles. The maximum Gasteiger partial charge on any atom is 0.336 e. The lowest BCUT2D eigenvalue weighted by Gasteiger charge is -2.25. The second-order valence-corrected chi connectivity index (χ2v) is 6.43. The maximum absolute atomic E-state index is 13.2. The first-order chi connectivity index (χ1) is 12.5. The molecule has 1 aliphatic rings. The Kier molecular flexibility index (Phi) is 3.62. The Labute approximate surface area is 149 Å². The molecule has 0 radical (unpaired) electrons. The smallest absolute Gasteiger partial charge is 0.336 e. The summed E-state index contributed by atoms with van der Waals surface area (Å²) in [5.41, 5.74) is -0.364. The summed E-state index contributed by atoms with van der Waals surface area (Å²) in [6.07, 6.45) is 1.65. The number of Topliss-reactive ketones (excluding diaryl/α,β-unsaturated/α-hetero) is 1. The molecule has 0 N–H and O–H groups in total. The normalized spacial score (nSPS) is 18.3. The van der Waals surface area contributed by atoms with Crippen molar-refractivity contribution in [2.24, 2.45) is 5.92 Å². The summed E-state index contributed by atoms with van der Waals surface area (Å²) < 4.78 is 11.2. The number of pyridine rings is 1. The number of rotatable bonds is 1. The van der Waals surface area contributed by atoms with Crippen molar-refractivity contribution in [1.82, 2.24) is 4.98 Å². The van der Waals surface area contributed by atoms with Crippen molar-refractivity contribution < 1.29 is 13.9 Å². The van der Waals surface area contributed by atoms with E-state index >= 15 is 0 Å². The molecule has 26 heavy (non-hydrogen) atoms. The number of hydrogen-bond donors (Lipinski definition) is 0. The standard InChI is InChI=1S/C21H15NO4/c1-13(2)21(9-8-15-5-3-4-10-22-15)20(24)16-11-14-6-7-19(23)25-17(14)12-18(16)26-21/h3-7,10-13H,1-2H3. The molecule has 1 aromatic carbocycles. The van der Waals surface area contributed by atoms with E-state index in [1.807, 2.05) is 19.9 Å². The Morgan fingerprint density at radius 3 is 2.69 bits per heavy atom. The van der Waals surface area contributed by atoms with Gasteiger partial charge >= 0.3 is 5.63 Å². The van der Waals surface area contributed by atoms with Crippen molar-refractivity contribution in [1.29, 1.82) is 0 Å². The highest BCUT2D eigenvalue weighted by Gasteiger charge is 2.49. The first-order valence-corrected chi connectivity index (χ1v) is 8.25. The fraction of sp³-hybridized carbons (Fsp3) is 0.190. The van der Waals surface area contributed by atoms with Gasteiger partial charge in [-0.3, -0.25) is 4.79 Å². The number of ketones is 1. The topological polar surface area (TPSA) is 69.4 Å². The van der Waals surface area contributed by atoms with E-state index in [2.05, 4.69) is 16.8 Å². The van der Waals surface area contributed by atoms with Crippen LogP contribution in [0.1, 0.15) is 29.9 Å². The summed E-state index contributed by atoms with van der Waals surface area (Å²) in [6, 6.07) is 11.6. The van der Waals surface area contributed by atoms with Crippen LogP contribution in [0.25, 0.3) is 11.0 Å². The number of carbonyl (C=O) groups is 1. The van der Waals surface area contributed by atoms with Gasteiger partial charge < -0.3 is 9.15 Å². The van der Waals surface area contributed by atoms with Crippen LogP contribution >= 0.6 is 0 Å². The molecular formula is C21H15NO4. The molecule has 0 saturated carbocycles. The molecule has 5 nitrogen and oxygen atoms in total. The summed E-state index contributed by atoms with van der Waals surface area (Å²) in [5.74, 6) is 5.94. The highest BCUT2D eigenvalue weighted by atomic mass is 16.5. The number of hydrogen-bond acceptors (Lipinski definition) is 5. The first kappa shape index (κ1) is 16.1. The average Bonchev–Trinajstić information content (AvgIpc) is 2.91. The molecule has 5 heteroatoms. The van der Waals surface area contributed by atoms with E-state index in [1.165, 1.54) is 6.07 Å². The first-order valence-electron chi connectivity index (χ1n) is 8.25. The number of fused-ring (bicyclic) bond motifs is 2. The molecule has 4 rings (SSSR count). The lowest BCUT2D eigenvalue weighted by Crippen LogP contribution is -2.44. The van der Waals surface area contributed by atoms with Crippen LogP contribution in [0, 0.1) is 17.8 Å². The van der Waals surface area contributed by atoms with Gasteiger partial charge in [0.2, 0.25) is 11.4 Å². The van der Waals surface area contributed by atoms with Crippen LogP contribution in [-0.4, -0.2) is 16.4 Å². The second-order valence-electron chi connectivity index (χ2n) is 6.43. The number of ether oxygens (including phenoxy) is 1. The molecule has 0 saturated heterocycles. The van der Waals surface area contributed by atoms with Gasteiger partial charge in [0.15, 0.2) is 0 Å². The van der Waals surface area contributed by atoms with Crippen molar-refractivity contribution in [3.8, 4) is 17.6 Å². The van der Waals surface area contributed by atoms with Gasteiger partial charge in [-0.05, 0) is 36.1 Å². The van der Waals surface area contributed by atoms with Crippen LogP contribution in [-0.2, 0) is 0 Å². The maximum atomic E-state index is 13.2. The highest BCUT2D eigenvalue weighted by Crippen LogP contribution is 2.41. The molecule has 0 amide bonds. The van der Waals surface area contributed by atoms with Gasteiger partial charge in [0.1, 0.15) is 17.0 Å². The Hall–Kier alpha value is -3.39. The Morgan fingerprint density at radius 2 is 1.96 bits per heavy atom. The van der Waals surface area contributed by atoms with Crippen LogP contribution in [0.15, 0.2) is 57.9 Å². The fourth-order valence-corrected chi connectivity index (χ4v) is 2.98. The minimum absolute atomic E-state index is 0.186. The van der Waals surface area contributed by atoms with Crippen molar-refractivity contribution in [2.75, 3.05) is 0 Å². The molecule has 1 aliphatic heterocycles. The molecule has 2 aromatic heterocycles. The SMILES string of the molecule is CC(C)C1(C#Cc2ccccn2)Oc2cc3oc(=O)ccc3cc2C1=O. The molecule has 0 spiro atoms. The molecule has 128 valence electrons. The number of carbonyl (C=O) groups excluding carboxylic acids is 1. The summed E-state index contributed by atoms with van der Waals surface area (Å²) in [4.78, 5) is 28.8. The highest BCUT2D eigenvalue weighted by molar-refractivity contribution is 6.11. The van der Waals surface area contributed by atoms with Gasteiger partial charge in [-0.2, -0.15) is 0 Å². The lowest BCUT2D eigenvalue weighted by molar-refractivity contribution is 0.0606. The van der Waals surface area contributed by atoms with Gasteiger partial charge in [-0.1, -0.05) is 19.9 Å². The molecular weight excluding hydrogens is 330 g/mol. The molecule has 3 heterocycles. The number of benzene rings is 1. The van der Waals surface area contributed by atoms with Crippen LogP contribution in [0.3, 0.4) is 0 Å². The number of nitrogens with zero attached hydrogens (tertiary/aromatic N) is 1. The average molecular weight is 345 g/mol. The van der Waals surface area contributed by atoms with Gasteiger partial charge in [0, 0.05) is 29.6 Å². The van der Waals surface area contributed by atoms with Crippen LogP contribution in [0.5, 0.6) is 5.75 Å². The van der Waals surface area contributed by atoms with Gasteiger partial charge in [-0.15, -0.1) is 0 Å². The summed E-state index contributed by atoms with van der Waals surface area (Å²) in [5, 5.41) is 0.664. The Morgan fingerprint density at radius 1 is 1.12 bits per heavy atom.